The lowest BCUT2D eigenvalue weighted by Gasteiger charge is -2.07. The van der Waals surface area contributed by atoms with Crippen LogP contribution in [0.1, 0.15) is 18.1 Å². The van der Waals surface area contributed by atoms with E-state index in [0.717, 1.165) is 15.8 Å². The summed E-state index contributed by atoms with van der Waals surface area (Å²) in [4.78, 5) is 12.2. The maximum atomic E-state index is 12.2. The van der Waals surface area contributed by atoms with Crippen LogP contribution in [0.25, 0.3) is 6.08 Å². The minimum Gasteiger partial charge on any atom is -0.496 e. The molecule has 0 unspecified atom stereocenters. The molecule has 2 rings (SSSR count). The molecule has 5 nitrogen and oxygen atoms in total. The number of hydrogen-bond acceptors (Lipinski definition) is 5. The molecule has 0 atom stereocenters. The summed E-state index contributed by atoms with van der Waals surface area (Å²) in [6.45, 7) is 2.54. The standard InChI is InChI=1S/C20H18BrNO4/c1-3-25-17-7-4-14(5-8-17)10-16(12-22)20(23)26-13-15-6-9-19(24-2)18(21)11-15/h4-11H,3,13H2,1-2H3/b16-10+. The summed E-state index contributed by atoms with van der Waals surface area (Å²) in [6.07, 6.45) is 1.49. The van der Waals surface area contributed by atoms with E-state index >= 15 is 0 Å². The Morgan fingerprint density at radius 3 is 2.54 bits per heavy atom. The number of carbonyl (C=O) groups is 1. The SMILES string of the molecule is CCOc1ccc(/C=C(\C#N)C(=O)OCc2ccc(OC)c(Br)c2)cc1. The summed E-state index contributed by atoms with van der Waals surface area (Å²) < 4.78 is 16.5. The molecular formula is C20H18BrNO4. The zero-order valence-corrected chi connectivity index (χ0v) is 16.1. The fourth-order valence-corrected chi connectivity index (χ4v) is 2.74. The molecule has 6 heteroatoms. The fraction of sp³-hybridized carbons (Fsp3) is 0.200. The van der Waals surface area contributed by atoms with E-state index in [4.69, 9.17) is 14.2 Å². The van der Waals surface area contributed by atoms with Gasteiger partial charge in [0.05, 0.1) is 18.2 Å². The lowest BCUT2D eigenvalue weighted by Crippen LogP contribution is -2.07. The van der Waals surface area contributed by atoms with E-state index in [1.165, 1.54) is 6.08 Å². The van der Waals surface area contributed by atoms with Crippen LogP contribution < -0.4 is 9.47 Å². The second-order valence-corrected chi connectivity index (χ2v) is 6.07. The number of esters is 1. The van der Waals surface area contributed by atoms with E-state index in [-0.39, 0.29) is 12.2 Å². The zero-order valence-electron chi connectivity index (χ0n) is 14.5. The van der Waals surface area contributed by atoms with Crippen LogP contribution in [0, 0.1) is 11.3 Å². The normalized spacial score (nSPS) is 10.8. The first kappa shape index (κ1) is 19.5. The van der Waals surface area contributed by atoms with E-state index in [1.54, 1.807) is 49.6 Å². The van der Waals surface area contributed by atoms with Crippen LogP contribution in [-0.2, 0) is 16.1 Å². The molecule has 0 amide bonds. The first-order valence-corrected chi connectivity index (χ1v) is 8.71. The van der Waals surface area contributed by atoms with Crippen molar-refractivity contribution in [1.82, 2.24) is 0 Å². The number of carbonyl (C=O) groups excluding carboxylic acids is 1. The second-order valence-electron chi connectivity index (χ2n) is 5.22. The summed E-state index contributed by atoms with van der Waals surface area (Å²) in [6, 6.07) is 14.4. The molecule has 2 aromatic rings. The number of nitrogens with zero attached hydrogens (tertiary/aromatic N) is 1. The van der Waals surface area contributed by atoms with Crippen LogP contribution >= 0.6 is 15.9 Å². The van der Waals surface area contributed by atoms with Gasteiger partial charge in [-0.1, -0.05) is 18.2 Å². The number of methoxy groups -OCH3 is 1. The van der Waals surface area contributed by atoms with Crippen molar-refractivity contribution in [3.8, 4) is 17.6 Å². The molecule has 0 radical (unpaired) electrons. The average molecular weight is 416 g/mol. The second kappa shape index (κ2) is 9.64. The lowest BCUT2D eigenvalue weighted by molar-refractivity contribution is -0.139. The van der Waals surface area contributed by atoms with Crippen LogP contribution in [0.3, 0.4) is 0 Å². The molecule has 0 saturated carbocycles. The Labute approximate surface area is 160 Å². The van der Waals surface area contributed by atoms with Crippen LogP contribution in [0.4, 0.5) is 0 Å². The number of rotatable bonds is 7. The number of halogens is 1. The van der Waals surface area contributed by atoms with E-state index < -0.39 is 5.97 Å². The lowest BCUT2D eigenvalue weighted by atomic mass is 10.1. The van der Waals surface area contributed by atoms with Crippen molar-refractivity contribution in [2.24, 2.45) is 0 Å². The van der Waals surface area contributed by atoms with Crippen LogP contribution in [0.2, 0.25) is 0 Å². The highest BCUT2D eigenvalue weighted by Crippen LogP contribution is 2.26. The van der Waals surface area contributed by atoms with Gasteiger partial charge in [0, 0.05) is 0 Å². The van der Waals surface area contributed by atoms with Crippen molar-refractivity contribution < 1.29 is 19.0 Å². The predicted octanol–water partition coefficient (Wildman–Crippen LogP) is 4.51. The molecule has 0 heterocycles. The summed E-state index contributed by atoms with van der Waals surface area (Å²) in [5.41, 5.74) is 1.43. The molecule has 0 saturated heterocycles. The van der Waals surface area contributed by atoms with Crippen molar-refractivity contribution in [2.75, 3.05) is 13.7 Å². The molecule has 0 spiro atoms. The van der Waals surface area contributed by atoms with Gasteiger partial charge >= 0.3 is 5.97 Å². The van der Waals surface area contributed by atoms with Crippen molar-refractivity contribution >= 4 is 28.0 Å². The smallest absolute Gasteiger partial charge is 0.349 e. The van der Waals surface area contributed by atoms with Gasteiger partial charge in [0.2, 0.25) is 0 Å². The van der Waals surface area contributed by atoms with Crippen LogP contribution in [-0.4, -0.2) is 19.7 Å². The van der Waals surface area contributed by atoms with E-state index in [2.05, 4.69) is 15.9 Å². The minimum atomic E-state index is -0.673. The van der Waals surface area contributed by atoms with Gasteiger partial charge in [-0.25, -0.2) is 4.79 Å². The van der Waals surface area contributed by atoms with Crippen molar-refractivity contribution in [1.29, 1.82) is 5.26 Å². The fourth-order valence-electron chi connectivity index (χ4n) is 2.16. The Morgan fingerprint density at radius 2 is 1.96 bits per heavy atom. The van der Waals surface area contributed by atoms with Crippen molar-refractivity contribution in [3.05, 3.63) is 63.6 Å². The third-order valence-corrected chi connectivity index (χ3v) is 4.05. The molecule has 0 bridgehead atoms. The molecule has 0 aliphatic heterocycles. The largest absolute Gasteiger partial charge is 0.496 e. The third-order valence-electron chi connectivity index (χ3n) is 3.43. The van der Waals surface area contributed by atoms with Gasteiger partial charge in [0.15, 0.2) is 0 Å². The Kier molecular flexibility index (Phi) is 7.24. The van der Waals surface area contributed by atoms with Crippen molar-refractivity contribution in [3.63, 3.8) is 0 Å². The highest BCUT2D eigenvalue weighted by Gasteiger charge is 2.12. The number of hydrogen-bond donors (Lipinski definition) is 0. The quantitative estimate of drug-likeness (QED) is 0.378. The monoisotopic (exact) mass is 415 g/mol. The summed E-state index contributed by atoms with van der Waals surface area (Å²) in [5, 5.41) is 9.24. The zero-order chi connectivity index (χ0) is 18.9. The van der Waals surface area contributed by atoms with Crippen LogP contribution in [0.5, 0.6) is 11.5 Å². The Bertz CT molecular complexity index is 838. The summed E-state index contributed by atoms with van der Waals surface area (Å²) in [5.74, 6) is 0.748. The van der Waals surface area contributed by atoms with Crippen LogP contribution in [0.15, 0.2) is 52.5 Å². The predicted molar refractivity (Wildman–Crippen MR) is 102 cm³/mol. The Morgan fingerprint density at radius 1 is 1.23 bits per heavy atom. The van der Waals surface area contributed by atoms with Gasteiger partial charge in [0.25, 0.3) is 0 Å². The Balaban J connectivity index is 2.04. The summed E-state index contributed by atoms with van der Waals surface area (Å²) in [7, 11) is 1.57. The van der Waals surface area contributed by atoms with Gasteiger partial charge < -0.3 is 14.2 Å². The highest BCUT2D eigenvalue weighted by molar-refractivity contribution is 9.10. The van der Waals surface area contributed by atoms with Gasteiger partial charge in [-0.05, 0) is 64.3 Å². The maximum absolute atomic E-state index is 12.2. The maximum Gasteiger partial charge on any atom is 0.349 e. The summed E-state index contributed by atoms with van der Waals surface area (Å²) >= 11 is 3.38. The number of ether oxygens (including phenoxy) is 3. The number of nitriles is 1. The van der Waals surface area contributed by atoms with Crippen molar-refractivity contribution in [2.45, 2.75) is 13.5 Å². The molecule has 26 heavy (non-hydrogen) atoms. The Hall–Kier alpha value is -2.78. The first-order chi connectivity index (χ1) is 12.6. The average Bonchev–Trinajstić information content (AvgIpc) is 2.65. The minimum absolute atomic E-state index is 0.0593. The van der Waals surface area contributed by atoms with Gasteiger partial charge in [-0.15, -0.1) is 0 Å². The highest BCUT2D eigenvalue weighted by atomic mass is 79.9. The van der Waals surface area contributed by atoms with Gasteiger partial charge in [0.1, 0.15) is 29.7 Å². The van der Waals surface area contributed by atoms with E-state index in [0.29, 0.717) is 17.9 Å². The van der Waals surface area contributed by atoms with Gasteiger partial charge in [-0.2, -0.15) is 5.26 Å². The molecule has 2 aromatic carbocycles. The molecular weight excluding hydrogens is 398 g/mol. The third kappa shape index (κ3) is 5.36. The molecule has 0 fully saturated rings. The topological polar surface area (TPSA) is 68.5 Å². The van der Waals surface area contributed by atoms with Gasteiger partial charge in [-0.3, -0.25) is 0 Å². The molecule has 0 aliphatic carbocycles. The first-order valence-electron chi connectivity index (χ1n) is 7.91. The van der Waals surface area contributed by atoms with E-state index in [9.17, 15) is 10.1 Å². The van der Waals surface area contributed by atoms with E-state index in [1.807, 2.05) is 13.0 Å². The molecule has 0 aliphatic rings. The molecule has 0 N–H and O–H groups in total. The number of benzene rings is 2. The molecule has 0 aromatic heterocycles. The molecule has 134 valence electrons.